The van der Waals surface area contributed by atoms with Crippen LogP contribution >= 0.6 is 0 Å². The first-order valence-electron chi connectivity index (χ1n) is 8.91. The zero-order valence-corrected chi connectivity index (χ0v) is 15.6. The van der Waals surface area contributed by atoms with Crippen molar-refractivity contribution in [1.82, 2.24) is 10.4 Å². The SMILES string of the molecule is N#Cc1c(-c2ccc(F)cc2)cc(-c2cc3ccccc3o2)nc1OCC(=O)NN. The van der Waals surface area contributed by atoms with Gasteiger partial charge in [-0.1, -0.05) is 30.3 Å². The molecule has 2 aromatic heterocycles. The van der Waals surface area contributed by atoms with Crippen LogP contribution in [0.2, 0.25) is 0 Å². The number of para-hydroxylation sites is 1. The number of carbonyl (C=O) groups is 1. The Bertz CT molecular complexity index is 1240. The number of furan rings is 1. The molecule has 0 saturated heterocycles. The van der Waals surface area contributed by atoms with Crippen LogP contribution in [0.25, 0.3) is 33.6 Å². The molecule has 2 heterocycles. The van der Waals surface area contributed by atoms with E-state index in [1.807, 2.05) is 41.8 Å². The van der Waals surface area contributed by atoms with Crippen LogP contribution in [0.15, 0.2) is 65.1 Å². The van der Waals surface area contributed by atoms with Crippen molar-refractivity contribution in [3.8, 4) is 34.5 Å². The van der Waals surface area contributed by atoms with E-state index >= 15 is 0 Å². The molecule has 0 aliphatic carbocycles. The summed E-state index contributed by atoms with van der Waals surface area (Å²) in [5, 5.41) is 10.6. The molecule has 4 aromatic rings. The maximum atomic E-state index is 13.4. The Morgan fingerprint density at radius 2 is 1.97 bits per heavy atom. The molecule has 8 heteroatoms. The average molecular weight is 402 g/mol. The van der Waals surface area contributed by atoms with Crippen LogP contribution in [0.3, 0.4) is 0 Å². The molecule has 0 radical (unpaired) electrons. The van der Waals surface area contributed by atoms with Gasteiger partial charge in [-0.05, 0) is 35.9 Å². The van der Waals surface area contributed by atoms with Crippen LogP contribution in [0, 0.1) is 17.1 Å². The molecule has 148 valence electrons. The van der Waals surface area contributed by atoms with Crippen LogP contribution in [-0.4, -0.2) is 17.5 Å². The van der Waals surface area contributed by atoms with E-state index in [1.54, 1.807) is 18.2 Å². The number of rotatable bonds is 5. The Labute approximate surface area is 170 Å². The van der Waals surface area contributed by atoms with E-state index in [-0.39, 0.29) is 11.4 Å². The van der Waals surface area contributed by atoms with Gasteiger partial charge in [-0.25, -0.2) is 15.2 Å². The molecule has 2 aromatic carbocycles. The lowest BCUT2D eigenvalue weighted by Gasteiger charge is -2.12. The van der Waals surface area contributed by atoms with E-state index in [9.17, 15) is 14.4 Å². The Balaban J connectivity index is 1.89. The number of nitriles is 1. The molecule has 0 spiro atoms. The van der Waals surface area contributed by atoms with Gasteiger partial charge < -0.3 is 9.15 Å². The summed E-state index contributed by atoms with van der Waals surface area (Å²) >= 11 is 0. The van der Waals surface area contributed by atoms with Gasteiger partial charge >= 0.3 is 0 Å². The van der Waals surface area contributed by atoms with E-state index in [0.717, 1.165) is 5.39 Å². The van der Waals surface area contributed by atoms with E-state index in [0.29, 0.717) is 28.2 Å². The summed E-state index contributed by atoms with van der Waals surface area (Å²) in [5.74, 6) is 4.50. The van der Waals surface area contributed by atoms with Gasteiger partial charge in [-0.15, -0.1) is 0 Å². The number of nitrogens with one attached hydrogen (secondary N) is 1. The van der Waals surface area contributed by atoms with Gasteiger partial charge in [-0.2, -0.15) is 5.26 Å². The summed E-state index contributed by atoms with van der Waals surface area (Å²) in [7, 11) is 0. The molecule has 3 N–H and O–H groups in total. The number of pyridine rings is 1. The standard InChI is InChI=1S/C22H15FN4O3/c23-15-7-5-13(6-8-15)16-10-18(20-9-14-3-1-2-4-19(14)30-20)26-22(17(16)11-24)29-12-21(28)27-25/h1-10H,12,25H2,(H,27,28). The Morgan fingerprint density at radius 3 is 2.67 bits per heavy atom. The normalized spacial score (nSPS) is 10.6. The summed E-state index contributed by atoms with van der Waals surface area (Å²) < 4.78 is 24.7. The predicted molar refractivity (Wildman–Crippen MR) is 107 cm³/mol. The minimum absolute atomic E-state index is 0.0571. The topological polar surface area (TPSA) is 114 Å². The lowest BCUT2D eigenvalue weighted by atomic mass is 10.00. The summed E-state index contributed by atoms with van der Waals surface area (Å²) in [5.41, 5.74) is 4.17. The van der Waals surface area contributed by atoms with Crippen LogP contribution in [0.4, 0.5) is 4.39 Å². The Kier molecular flexibility index (Phi) is 5.11. The molecule has 30 heavy (non-hydrogen) atoms. The Hall–Kier alpha value is -4.22. The fraction of sp³-hybridized carbons (Fsp3) is 0.0455. The van der Waals surface area contributed by atoms with Crippen molar-refractivity contribution in [2.75, 3.05) is 6.61 Å². The van der Waals surface area contributed by atoms with Gasteiger partial charge in [0.1, 0.15) is 28.7 Å². The summed E-state index contributed by atoms with van der Waals surface area (Å²) in [6.07, 6.45) is 0. The molecular weight excluding hydrogens is 387 g/mol. The lowest BCUT2D eigenvalue weighted by molar-refractivity contribution is -0.123. The third-order valence-electron chi connectivity index (χ3n) is 4.43. The highest BCUT2D eigenvalue weighted by atomic mass is 19.1. The molecule has 1 amide bonds. The fourth-order valence-corrected chi connectivity index (χ4v) is 3.00. The van der Waals surface area contributed by atoms with Gasteiger partial charge in [0, 0.05) is 10.9 Å². The van der Waals surface area contributed by atoms with Crippen molar-refractivity contribution in [3.63, 3.8) is 0 Å². The van der Waals surface area contributed by atoms with Crippen molar-refractivity contribution in [3.05, 3.63) is 72.0 Å². The third-order valence-corrected chi connectivity index (χ3v) is 4.43. The number of aromatic nitrogens is 1. The molecule has 0 aliphatic rings. The van der Waals surface area contributed by atoms with Crippen LogP contribution in [0.1, 0.15) is 5.56 Å². The van der Waals surface area contributed by atoms with Crippen molar-refractivity contribution in [2.24, 2.45) is 5.84 Å². The van der Waals surface area contributed by atoms with E-state index in [2.05, 4.69) is 4.98 Å². The monoisotopic (exact) mass is 402 g/mol. The number of amides is 1. The number of ether oxygens (including phenoxy) is 1. The highest BCUT2D eigenvalue weighted by molar-refractivity contribution is 5.84. The number of nitrogens with zero attached hydrogens (tertiary/aromatic N) is 2. The largest absolute Gasteiger partial charge is 0.467 e. The second kappa shape index (κ2) is 8.03. The molecule has 0 unspecified atom stereocenters. The highest BCUT2D eigenvalue weighted by Gasteiger charge is 2.19. The predicted octanol–water partition coefficient (Wildman–Crippen LogP) is 3.54. The zero-order chi connectivity index (χ0) is 21.1. The van der Waals surface area contributed by atoms with Gasteiger partial charge in [0.25, 0.3) is 5.91 Å². The second-order valence-corrected chi connectivity index (χ2v) is 6.36. The van der Waals surface area contributed by atoms with E-state index < -0.39 is 18.3 Å². The molecule has 4 rings (SSSR count). The zero-order valence-electron chi connectivity index (χ0n) is 15.6. The summed E-state index contributed by atoms with van der Waals surface area (Å²) in [4.78, 5) is 15.9. The lowest BCUT2D eigenvalue weighted by Crippen LogP contribution is -2.34. The molecular formula is C22H15FN4O3. The van der Waals surface area contributed by atoms with Gasteiger partial charge in [0.15, 0.2) is 12.4 Å². The third kappa shape index (κ3) is 3.70. The maximum absolute atomic E-state index is 13.4. The number of benzene rings is 2. The van der Waals surface area contributed by atoms with Crippen molar-refractivity contribution >= 4 is 16.9 Å². The number of hydrazine groups is 1. The molecule has 0 fully saturated rings. The van der Waals surface area contributed by atoms with Crippen LogP contribution in [0.5, 0.6) is 5.88 Å². The minimum Gasteiger partial charge on any atom is -0.467 e. The van der Waals surface area contributed by atoms with Crippen molar-refractivity contribution < 1.29 is 18.3 Å². The van der Waals surface area contributed by atoms with Crippen LogP contribution < -0.4 is 16.0 Å². The molecule has 0 bridgehead atoms. The Morgan fingerprint density at radius 1 is 1.20 bits per heavy atom. The number of carbonyl (C=O) groups excluding carboxylic acids is 1. The first-order valence-corrected chi connectivity index (χ1v) is 8.91. The van der Waals surface area contributed by atoms with Crippen molar-refractivity contribution in [1.29, 1.82) is 5.26 Å². The van der Waals surface area contributed by atoms with Crippen LogP contribution in [-0.2, 0) is 4.79 Å². The quantitative estimate of drug-likeness (QED) is 0.300. The van der Waals surface area contributed by atoms with Gasteiger partial charge in [0.2, 0.25) is 5.88 Å². The molecule has 0 atom stereocenters. The van der Waals surface area contributed by atoms with Gasteiger partial charge in [-0.3, -0.25) is 10.2 Å². The smallest absolute Gasteiger partial charge is 0.271 e. The number of hydrogen-bond acceptors (Lipinski definition) is 6. The number of hydrogen-bond donors (Lipinski definition) is 2. The first kappa shape index (κ1) is 19.1. The first-order chi connectivity index (χ1) is 14.6. The summed E-state index contributed by atoms with van der Waals surface area (Å²) in [6.45, 7) is -0.426. The number of halogens is 1. The van der Waals surface area contributed by atoms with Crippen molar-refractivity contribution in [2.45, 2.75) is 0 Å². The van der Waals surface area contributed by atoms with E-state index in [4.69, 9.17) is 15.0 Å². The number of nitrogens with two attached hydrogens (primary N) is 1. The van der Waals surface area contributed by atoms with Gasteiger partial charge in [0.05, 0.1) is 0 Å². The van der Waals surface area contributed by atoms with E-state index in [1.165, 1.54) is 12.1 Å². The molecule has 0 aliphatic heterocycles. The number of fused-ring (bicyclic) bond motifs is 1. The minimum atomic E-state index is -0.585. The molecule has 7 nitrogen and oxygen atoms in total. The molecule has 0 saturated carbocycles. The second-order valence-electron chi connectivity index (χ2n) is 6.36. The highest BCUT2D eigenvalue weighted by Crippen LogP contribution is 2.35. The summed E-state index contributed by atoms with van der Waals surface area (Å²) in [6, 6.07) is 18.7. The average Bonchev–Trinajstić information content (AvgIpc) is 3.21. The maximum Gasteiger partial charge on any atom is 0.271 e. The fourth-order valence-electron chi connectivity index (χ4n) is 3.00.